The Bertz CT molecular complexity index is 1300. The van der Waals surface area contributed by atoms with E-state index in [9.17, 15) is 9.59 Å². The topological polar surface area (TPSA) is 89.8 Å². The molecule has 2 heterocycles. The number of anilines is 1. The van der Waals surface area contributed by atoms with Crippen molar-refractivity contribution in [2.24, 2.45) is 0 Å². The Morgan fingerprint density at radius 2 is 1.79 bits per heavy atom. The van der Waals surface area contributed by atoms with Crippen molar-refractivity contribution in [1.29, 1.82) is 0 Å². The lowest BCUT2D eigenvalue weighted by atomic mass is 10.1. The summed E-state index contributed by atoms with van der Waals surface area (Å²) in [7, 11) is 0. The quantitative estimate of drug-likeness (QED) is 0.262. The Kier molecular flexibility index (Phi) is 7.03. The monoisotopic (exact) mass is 461 g/mol. The second-order valence-electron chi connectivity index (χ2n) is 7.79. The Labute approximate surface area is 197 Å². The molecule has 0 spiro atoms. The molecule has 0 fully saturated rings. The van der Waals surface area contributed by atoms with E-state index >= 15 is 0 Å². The van der Waals surface area contributed by atoms with Crippen LogP contribution in [-0.2, 0) is 11.3 Å². The van der Waals surface area contributed by atoms with E-state index in [1.807, 2.05) is 32.0 Å². The molecule has 4 rings (SSSR count). The van der Waals surface area contributed by atoms with Gasteiger partial charge in [0.05, 0.1) is 10.8 Å². The molecular formula is C25H27N5O2S. The highest BCUT2D eigenvalue weighted by molar-refractivity contribution is 8.00. The average Bonchev–Trinajstić information content (AvgIpc) is 3.15. The van der Waals surface area contributed by atoms with Crippen molar-refractivity contribution in [2.45, 2.75) is 57.0 Å². The van der Waals surface area contributed by atoms with Gasteiger partial charge in [0.1, 0.15) is 5.52 Å². The van der Waals surface area contributed by atoms with Crippen LogP contribution in [0.4, 0.5) is 5.69 Å². The standard InChI is InChI=1S/C25H27N5O2S/c1-4-15-30-19-10-8-7-9-18(19)22-23(30)27-25(29-28-22)33-21(6-3)24(32)26-17-13-11-16(12-14-17)20(31)5-2/h7-14,21H,4-6,15H2,1-3H3,(H,26,32)/t21-/m0/s1. The van der Waals surface area contributed by atoms with Crippen molar-refractivity contribution in [3.63, 3.8) is 0 Å². The molecule has 33 heavy (non-hydrogen) atoms. The number of hydrogen-bond donors (Lipinski definition) is 1. The molecule has 0 saturated carbocycles. The molecule has 1 N–H and O–H groups in total. The SMILES string of the molecule is CCCn1c2ccccc2c2nnc(S[C@@H](CC)C(=O)Nc3ccc(C(=O)CC)cc3)nc21. The van der Waals surface area contributed by atoms with Gasteiger partial charge in [0.2, 0.25) is 11.1 Å². The minimum atomic E-state index is -0.370. The summed E-state index contributed by atoms with van der Waals surface area (Å²) < 4.78 is 2.17. The molecule has 170 valence electrons. The van der Waals surface area contributed by atoms with E-state index in [0.717, 1.165) is 35.0 Å². The first-order chi connectivity index (χ1) is 16.0. The fourth-order valence-electron chi connectivity index (χ4n) is 3.80. The van der Waals surface area contributed by atoms with E-state index in [2.05, 4.69) is 33.1 Å². The van der Waals surface area contributed by atoms with E-state index in [1.54, 1.807) is 24.3 Å². The van der Waals surface area contributed by atoms with Crippen LogP contribution < -0.4 is 5.32 Å². The normalized spacial score (nSPS) is 12.2. The predicted molar refractivity (Wildman–Crippen MR) is 133 cm³/mol. The van der Waals surface area contributed by atoms with Gasteiger partial charge in [0.15, 0.2) is 11.4 Å². The number of nitrogens with one attached hydrogen (secondary N) is 1. The zero-order chi connectivity index (χ0) is 23.4. The third kappa shape index (κ3) is 4.75. The number of rotatable bonds is 9. The smallest absolute Gasteiger partial charge is 0.237 e. The second-order valence-corrected chi connectivity index (χ2v) is 8.96. The van der Waals surface area contributed by atoms with E-state index in [1.165, 1.54) is 11.8 Å². The number of ketones is 1. The molecule has 4 aromatic rings. The molecule has 0 aliphatic carbocycles. The van der Waals surface area contributed by atoms with Crippen LogP contribution in [0.25, 0.3) is 22.1 Å². The number of Topliss-reactive ketones (excluding diaryl/α,β-unsaturated/α-hetero) is 1. The number of thioether (sulfide) groups is 1. The fourth-order valence-corrected chi connectivity index (χ4v) is 4.62. The third-order valence-electron chi connectivity index (χ3n) is 5.51. The number of carbonyl (C=O) groups is 2. The van der Waals surface area contributed by atoms with Gasteiger partial charge < -0.3 is 9.88 Å². The van der Waals surface area contributed by atoms with Crippen LogP contribution in [0.2, 0.25) is 0 Å². The van der Waals surface area contributed by atoms with Gasteiger partial charge in [-0.05, 0) is 43.2 Å². The van der Waals surface area contributed by atoms with Gasteiger partial charge in [0.25, 0.3) is 0 Å². The predicted octanol–water partition coefficient (Wildman–Crippen LogP) is 5.49. The lowest BCUT2D eigenvalue weighted by Crippen LogP contribution is -2.25. The lowest BCUT2D eigenvalue weighted by molar-refractivity contribution is -0.115. The van der Waals surface area contributed by atoms with Gasteiger partial charge in [-0.3, -0.25) is 9.59 Å². The van der Waals surface area contributed by atoms with E-state index < -0.39 is 0 Å². The molecule has 1 atom stereocenters. The highest BCUT2D eigenvalue weighted by atomic mass is 32.2. The number of nitrogens with zero attached hydrogens (tertiary/aromatic N) is 4. The maximum absolute atomic E-state index is 12.9. The van der Waals surface area contributed by atoms with Crippen LogP contribution in [0.1, 0.15) is 50.4 Å². The van der Waals surface area contributed by atoms with Gasteiger partial charge in [-0.15, -0.1) is 10.2 Å². The number of benzene rings is 2. The second kappa shape index (κ2) is 10.1. The molecule has 2 aromatic heterocycles. The maximum Gasteiger partial charge on any atom is 0.237 e. The zero-order valence-electron chi connectivity index (χ0n) is 19.0. The third-order valence-corrected chi connectivity index (χ3v) is 6.72. The number of amides is 1. The molecule has 2 aromatic carbocycles. The molecule has 7 nitrogen and oxygen atoms in total. The number of aryl methyl sites for hydroxylation is 1. The van der Waals surface area contributed by atoms with Gasteiger partial charge in [-0.1, -0.05) is 50.7 Å². The Balaban J connectivity index is 1.55. The van der Waals surface area contributed by atoms with Gasteiger partial charge in [-0.2, -0.15) is 0 Å². The Morgan fingerprint density at radius 3 is 2.48 bits per heavy atom. The molecule has 0 saturated heterocycles. The number of fused-ring (bicyclic) bond motifs is 3. The van der Waals surface area contributed by atoms with Gasteiger partial charge >= 0.3 is 0 Å². The zero-order valence-corrected chi connectivity index (χ0v) is 19.9. The van der Waals surface area contributed by atoms with Crippen molar-refractivity contribution >= 4 is 51.2 Å². The Morgan fingerprint density at radius 1 is 1.03 bits per heavy atom. The minimum Gasteiger partial charge on any atom is -0.325 e. The first-order valence-corrected chi connectivity index (χ1v) is 12.2. The molecule has 8 heteroatoms. The average molecular weight is 462 g/mol. The summed E-state index contributed by atoms with van der Waals surface area (Å²) in [4.78, 5) is 29.5. The van der Waals surface area contributed by atoms with Gasteiger partial charge in [0, 0.05) is 29.6 Å². The first kappa shape index (κ1) is 22.9. The Hall–Kier alpha value is -3.26. The highest BCUT2D eigenvalue weighted by Gasteiger charge is 2.22. The molecule has 0 unspecified atom stereocenters. The van der Waals surface area contributed by atoms with Crippen LogP contribution in [0, 0.1) is 0 Å². The van der Waals surface area contributed by atoms with Crippen LogP contribution in [0.3, 0.4) is 0 Å². The molecule has 0 bridgehead atoms. The summed E-state index contributed by atoms with van der Waals surface area (Å²) in [5.41, 5.74) is 3.97. The first-order valence-electron chi connectivity index (χ1n) is 11.3. The maximum atomic E-state index is 12.9. The molecular weight excluding hydrogens is 434 g/mol. The van der Waals surface area contributed by atoms with Crippen molar-refractivity contribution in [2.75, 3.05) is 5.32 Å². The van der Waals surface area contributed by atoms with E-state index in [4.69, 9.17) is 4.98 Å². The summed E-state index contributed by atoms with van der Waals surface area (Å²) in [5.74, 6) is -0.0507. The molecule has 0 radical (unpaired) electrons. The van der Waals surface area contributed by atoms with Crippen LogP contribution in [-0.4, -0.2) is 36.7 Å². The minimum absolute atomic E-state index is 0.0791. The summed E-state index contributed by atoms with van der Waals surface area (Å²) >= 11 is 1.32. The summed E-state index contributed by atoms with van der Waals surface area (Å²) in [6.07, 6.45) is 2.04. The number of para-hydroxylation sites is 1. The molecule has 0 aliphatic rings. The largest absolute Gasteiger partial charge is 0.325 e. The number of hydrogen-bond acceptors (Lipinski definition) is 6. The summed E-state index contributed by atoms with van der Waals surface area (Å²) in [6.45, 7) is 6.76. The number of carbonyl (C=O) groups excluding carboxylic acids is 2. The highest BCUT2D eigenvalue weighted by Crippen LogP contribution is 2.29. The lowest BCUT2D eigenvalue weighted by Gasteiger charge is -2.14. The van der Waals surface area contributed by atoms with Crippen LogP contribution >= 0.6 is 11.8 Å². The summed E-state index contributed by atoms with van der Waals surface area (Å²) in [6, 6.07) is 15.1. The van der Waals surface area contributed by atoms with E-state index in [0.29, 0.717) is 29.2 Å². The van der Waals surface area contributed by atoms with Gasteiger partial charge in [-0.25, -0.2) is 4.98 Å². The molecule has 0 aliphatic heterocycles. The van der Waals surface area contributed by atoms with Crippen LogP contribution in [0.15, 0.2) is 53.7 Å². The van der Waals surface area contributed by atoms with Crippen molar-refractivity contribution in [1.82, 2.24) is 19.7 Å². The van der Waals surface area contributed by atoms with Crippen molar-refractivity contribution in [3.8, 4) is 0 Å². The van der Waals surface area contributed by atoms with Crippen LogP contribution in [0.5, 0.6) is 0 Å². The van der Waals surface area contributed by atoms with Crippen molar-refractivity contribution < 1.29 is 9.59 Å². The summed E-state index contributed by atoms with van der Waals surface area (Å²) in [5, 5.41) is 12.9. The van der Waals surface area contributed by atoms with E-state index in [-0.39, 0.29) is 16.9 Å². The molecule has 1 amide bonds. The fraction of sp³-hybridized carbons (Fsp3) is 0.320. The van der Waals surface area contributed by atoms with Crippen molar-refractivity contribution in [3.05, 3.63) is 54.1 Å². The number of aromatic nitrogens is 4.